The third-order valence-corrected chi connectivity index (χ3v) is 3.52. The number of aromatic nitrogens is 3. The van der Waals surface area contributed by atoms with Crippen molar-refractivity contribution in [1.82, 2.24) is 25.4 Å². The molecule has 0 saturated carbocycles. The van der Waals surface area contributed by atoms with E-state index in [4.69, 9.17) is 0 Å². The molecule has 0 aliphatic heterocycles. The molecule has 0 radical (unpaired) electrons. The van der Waals surface area contributed by atoms with E-state index in [0.717, 1.165) is 57.0 Å². The number of benzene rings is 1. The number of aryl methyl sites for hydroxylation is 1. The Morgan fingerprint density at radius 1 is 1.12 bits per heavy atom. The van der Waals surface area contributed by atoms with E-state index in [0.29, 0.717) is 0 Å². The molecule has 0 bridgehead atoms. The number of halogens is 1. The Morgan fingerprint density at radius 2 is 1.88 bits per heavy atom. The molecular weight excluding hydrogens is 307 g/mol. The quantitative estimate of drug-likeness (QED) is 0.419. The molecule has 0 amide bonds. The van der Waals surface area contributed by atoms with Crippen LogP contribution in [0.1, 0.15) is 25.3 Å². The van der Waals surface area contributed by atoms with Crippen LogP contribution in [0.3, 0.4) is 0 Å². The summed E-state index contributed by atoms with van der Waals surface area (Å²) in [7, 11) is 0. The molecule has 0 aliphatic carbocycles. The van der Waals surface area contributed by atoms with Gasteiger partial charge in [-0.2, -0.15) is 0 Å². The molecule has 0 aliphatic rings. The summed E-state index contributed by atoms with van der Waals surface area (Å²) in [6, 6.07) is 6.60. The number of hydrogen-bond acceptors (Lipinski definition) is 3. The molecule has 0 unspecified atom stereocenters. The van der Waals surface area contributed by atoms with E-state index in [1.54, 1.807) is 12.7 Å². The summed E-state index contributed by atoms with van der Waals surface area (Å²) < 4.78 is 14.8. The first-order valence-corrected chi connectivity index (χ1v) is 8.37. The molecule has 24 heavy (non-hydrogen) atoms. The zero-order valence-corrected chi connectivity index (χ0v) is 14.1. The predicted molar refractivity (Wildman–Crippen MR) is 93.3 cm³/mol. The summed E-state index contributed by atoms with van der Waals surface area (Å²) in [5.41, 5.74) is 1.11. The molecular formula is C17H25FN6. The van der Waals surface area contributed by atoms with Crippen LogP contribution in [0.2, 0.25) is 0 Å². The Hall–Kier alpha value is -2.44. The second-order valence-electron chi connectivity index (χ2n) is 5.47. The molecule has 1 aromatic heterocycles. The number of rotatable bonds is 9. The van der Waals surface area contributed by atoms with Gasteiger partial charge in [-0.3, -0.25) is 4.99 Å². The van der Waals surface area contributed by atoms with E-state index < -0.39 is 0 Å². The van der Waals surface area contributed by atoms with Crippen LogP contribution in [-0.4, -0.2) is 40.4 Å². The number of guanidine groups is 1. The van der Waals surface area contributed by atoms with Crippen LogP contribution in [0.4, 0.5) is 4.39 Å². The SMILES string of the molecule is CCNC(=NCCCCn1cnnc1)NCCc1ccc(F)cc1. The predicted octanol–water partition coefficient (Wildman–Crippen LogP) is 2.00. The highest BCUT2D eigenvalue weighted by molar-refractivity contribution is 5.79. The Balaban J connectivity index is 1.66. The van der Waals surface area contributed by atoms with Crippen molar-refractivity contribution >= 4 is 5.96 Å². The van der Waals surface area contributed by atoms with Gasteiger partial charge in [0, 0.05) is 26.2 Å². The fourth-order valence-electron chi connectivity index (χ4n) is 2.25. The summed E-state index contributed by atoms with van der Waals surface area (Å²) in [6.07, 6.45) is 6.33. The molecule has 2 aromatic rings. The molecule has 130 valence electrons. The van der Waals surface area contributed by atoms with Gasteiger partial charge in [-0.25, -0.2) is 4.39 Å². The smallest absolute Gasteiger partial charge is 0.191 e. The standard InChI is InChI=1S/C17H25FN6/c1-2-19-17(20-10-3-4-12-24-13-22-23-14-24)21-11-9-15-5-7-16(18)8-6-15/h5-8,13-14H,2-4,9-12H2,1H3,(H2,19,20,21). The van der Waals surface area contributed by atoms with Crippen LogP contribution in [0, 0.1) is 5.82 Å². The average molecular weight is 332 g/mol. The molecule has 1 heterocycles. The van der Waals surface area contributed by atoms with Crippen molar-refractivity contribution in [3.05, 3.63) is 48.3 Å². The Bertz CT molecular complexity index is 594. The highest BCUT2D eigenvalue weighted by Crippen LogP contribution is 2.02. The van der Waals surface area contributed by atoms with Gasteiger partial charge < -0.3 is 15.2 Å². The van der Waals surface area contributed by atoms with Gasteiger partial charge in [0.25, 0.3) is 0 Å². The molecule has 2 rings (SSSR count). The van der Waals surface area contributed by atoms with Gasteiger partial charge in [-0.1, -0.05) is 12.1 Å². The molecule has 0 saturated heterocycles. The van der Waals surface area contributed by atoms with Crippen molar-refractivity contribution in [2.45, 2.75) is 32.7 Å². The molecule has 7 heteroatoms. The summed E-state index contributed by atoms with van der Waals surface area (Å²) in [4.78, 5) is 4.57. The van der Waals surface area contributed by atoms with Gasteiger partial charge in [-0.05, 0) is 43.9 Å². The van der Waals surface area contributed by atoms with E-state index in [1.807, 2.05) is 23.6 Å². The number of unbranched alkanes of at least 4 members (excludes halogenated alkanes) is 1. The van der Waals surface area contributed by atoms with Gasteiger partial charge in [0.15, 0.2) is 5.96 Å². The second-order valence-corrected chi connectivity index (χ2v) is 5.47. The van der Waals surface area contributed by atoms with Gasteiger partial charge in [0.05, 0.1) is 0 Å². The average Bonchev–Trinajstić information content (AvgIpc) is 3.10. The lowest BCUT2D eigenvalue weighted by atomic mass is 10.1. The van der Waals surface area contributed by atoms with E-state index in [1.165, 1.54) is 12.1 Å². The van der Waals surface area contributed by atoms with Crippen molar-refractivity contribution in [1.29, 1.82) is 0 Å². The minimum Gasteiger partial charge on any atom is -0.357 e. The van der Waals surface area contributed by atoms with Gasteiger partial charge >= 0.3 is 0 Å². The van der Waals surface area contributed by atoms with E-state index in [-0.39, 0.29) is 5.82 Å². The summed E-state index contributed by atoms with van der Waals surface area (Å²) in [5, 5.41) is 14.1. The lowest BCUT2D eigenvalue weighted by Crippen LogP contribution is -2.38. The van der Waals surface area contributed by atoms with Gasteiger partial charge in [-0.15, -0.1) is 10.2 Å². The molecule has 1 aromatic carbocycles. The fourth-order valence-corrected chi connectivity index (χ4v) is 2.25. The van der Waals surface area contributed by atoms with Crippen LogP contribution in [0.15, 0.2) is 41.9 Å². The molecule has 0 atom stereocenters. The highest BCUT2D eigenvalue weighted by Gasteiger charge is 1.98. The summed E-state index contributed by atoms with van der Waals surface area (Å²) in [6.45, 7) is 5.32. The minimum atomic E-state index is -0.201. The first-order valence-electron chi connectivity index (χ1n) is 8.37. The van der Waals surface area contributed by atoms with Gasteiger partial charge in [0.1, 0.15) is 18.5 Å². The first-order chi connectivity index (χ1) is 11.8. The Labute approximate surface area is 142 Å². The second kappa shape index (κ2) is 10.4. The molecule has 6 nitrogen and oxygen atoms in total. The van der Waals surface area contributed by atoms with Crippen molar-refractivity contribution < 1.29 is 4.39 Å². The monoisotopic (exact) mass is 332 g/mol. The van der Waals surface area contributed by atoms with Crippen LogP contribution in [0.25, 0.3) is 0 Å². The zero-order valence-electron chi connectivity index (χ0n) is 14.1. The largest absolute Gasteiger partial charge is 0.357 e. The highest BCUT2D eigenvalue weighted by atomic mass is 19.1. The van der Waals surface area contributed by atoms with E-state index >= 15 is 0 Å². The maximum atomic E-state index is 12.9. The maximum Gasteiger partial charge on any atom is 0.191 e. The van der Waals surface area contributed by atoms with Crippen LogP contribution < -0.4 is 10.6 Å². The lowest BCUT2D eigenvalue weighted by molar-refractivity contribution is 0.611. The number of hydrogen-bond donors (Lipinski definition) is 2. The van der Waals surface area contributed by atoms with E-state index in [2.05, 4.69) is 25.8 Å². The first kappa shape index (κ1) is 17.9. The van der Waals surface area contributed by atoms with Crippen molar-refractivity contribution in [3.8, 4) is 0 Å². The van der Waals surface area contributed by atoms with Crippen LogP contribution >= 0.6 is 0 Å². The summed E-state index contributed by atoms with van der Waals surface area (Å²) >= 11 is 0. The fraction of sp³-hybridized carbons (Fsp3) is 0.471. The third kappa shape index (κ3) is 6.76. The number of aliphatic imine (C=N–C) groups is 1. The Kier molecular flexibility index (Phi) is 7.73. The van der Waals surface area contributed by atoms with Crippen LogP contribution in [-0.2, 0) is 13.0 Å². The van der Waals surface area contributed by atoms with Crippen molar-refractivity contribution in [2.24, 2.45) is 4.99 Å². The molecule has 0 fully saturated rings. The maximum absolute atomic E-state index is 12.9. The number of nitrogens with zero attached hydrogens (tertiary/aromatic N) is 4. The lowest BCUT2D eigenvalue weighted by Gasteiger charge is -2.11. The third-order valence-electron chi connectivity index (χ3n) is 3.52. The molecule has 2 N–H and O–H groups in total. The van der Waals surface area contributed by atoms with E-state index in [9.17, 15) is 4.39 Å². The van der Waals surface area contributed by atoms with Crippen molar-refractivity contribution in [2.75, 3.05) is 19.6 Å². The minimum absolute atomic E-state index is 0.201. The number of nitrogens with one attached hydrogen (secondary N) is 2. The summed E-state index contributed by atoms with van der Waals surface area (Å²) in [5.74, 6) is 0.622. The zero-order chi connectivity index (χ0) is 17.0. The molecule has 0 spiro atoms. The van der Waals surface area contributed by atoms with Crippen LogP contribution in [0.5, 0.6) is 0 Å². The topological polar surface area (TPSA) is 67.1 Å². The van der Waals surface area contributed by atoms with Gasteiger partial charge in [0.2, 0.25) is 0 Å². The Morgan fingerprint density at radius 3 is 2.58 bits per heavy atom. The normalized spacial score (nSPS) is 11.5. The van der Waals surface area contributed by atoms with Crippen molar-refractivity contribution in [3.63, 3.8) is 0 Å².